The summed E-state index contributed by atoms with van der Waals surface area (Å²) < 4.78 is 31.9. The number of rotatable bonds is 3. The van der Waals surface area contributed by atoms with Crippen molar-refractivity contribution in [3.63, 3.8) is 0 Å². The van der Waals surface area contributed by atoms with Gasteiger partial charge in [0.25, 0.3) is 10.0 Å². The molecule has 0 unspecified atom stereocenters. The number of anilines is 1. The first-order chi connectivity index (χ1) is 10.5. The minimum atomic E-state index is -3.84. The highest BCUT2D eigenvalue weighted by Crippen LogP contribution is 2.20. The Morgan fingerprint density at radius 2 is 2.00 bits per heavy atom. The number of hydrogen-bond donors (Lipinski definition) is 2. The lowest BCUT2D eigenvalue weighted by Gasteiger charge is -2.08. The molecule has 22 heavy (non-hydrogen) atoms. The molecule has 0 bridgehead atoms. The van der Waals surface area contributed by atoms with Crippen LogP contribution in [0.4, 0.5) is 5.69 Å². The smallest absolute Gasteiger partial charge is 0.408 e. The van der Waals surface area contributed by atoms with Crippen molar-refractivity contribution in [3.8, 4) is 6.07 Å². The summed E-state index contributed by atoms with van der Waals surface area (Å²) in [5.74, 6) is -0.653. The van der Waals surface area contributed by atoms with Crippen LogP contribution < -0.4 is 10.5 Å². The zero-order valence-electron chi connectivity index (χ0n) is 11.0. The topological polar surface area (TPSA) is 116 Å². The Hall–Kier alpha value is -3.05. The molecule has 2 N–H and O–H groups in total. The number of nitriles is 1. The lowest BCUT2D eigenvalue weighted by molar-refractivity contribution is 0.555. The van der Waals surface area contributed by atoms with Crippen LogP contribution in [0.3, 0.4) is 0 Å². The van der Waals surface area contributed by atoms with Crippen molar-refractivity contribution in [2.24, 2.45) is 0 Å². The summed E-state index contributed by atoms with van der Waals surface area (Å²) in [6, 6.07) is 12.1. The van der Waals surface area contributed by atoms with Crippen molar-refractivity contribution in [1.82, 2.24) is 4.98 Å². The fraction of sp³-hybridized carbons (Fsp3) is 0. The molecule has 3 aromatic rings. The molecule has 0 radical (unpaired) electrons. The van der Waals surface area contributed by atoms with E-state index in [9.17, 15) is 13.2 Å². The van der Waals surface area contributed by atoms with Crippen molar-refractivity contribution >= 4 is 26.8 Å². The molecule has 0 saturated carbocycles. The minimum absolute atomic E-state index is 0.0283. The monoisotopic (exact) mass is 315 g/mol. The molecule has 0 aliphatic rings. The largest absolute Gasteiger partial charge is 0.417 e. The fourth-order valence-corrected chi connectivity index (χ4v) is 3.04. The van der Waals surface area contributed by atoms with Gasteiger partial charge in [0.1, 0.15) is 0 Å². The van der Waals surface area contributed by atoms with Crippen LogP contribution in [0.15, 0.2) is 56.6 Å². The molecular formula is C14H9N3O4S. The summed E-state index contributed by atoms with van der Waals surface area (Å²) in [6.45, 7) is 0. The molecule has 0 fully saturated rings. The Morgan fingerprint density at radius 3 is 2.77 bits per heavy atom. The standard InChI is InChI=1S/C14H9N3O4S/c15-8-9-2-1-3-10(6-9)17-22(19,20)11-4-5-13-12(7-11)16-14(18)21-13/h1-7,17H,(H,16,18). The maximum atomic E-state index is 12.3. The van der Waals surface area contributed by atoms with Gasteiger partial charge in [0, 0.05) is 0 Å². The van der Waals surface area contributed by atoms with E-state index in [2.05, 4.69) is 9.71 Å². The van der Waals surface area contributed by atoms with Crippen LogP contribution in [0.5, 0.6) is 0 Å². The fourth-order valence-electron chi connectivity index (χ4n) is 1.96. The number of aromatic nitrogens is 1. The summed E-state index contributed by atoms with van der Waals surface area (Å²) in [6.07, 6.45) is 0. The number of fused-ring (bicyclic) bond motifs is 1. The number of sulfonamides is 1. The highest BCUT2D eigenvalue weighted by atomic mass is 32.2. The van der Waals surface area contributed by atoms with E-state index in [1.54, 1.807) is 12.1 Å². The summed E-state index contributed by atoms with van der Waals surface area (Å²) in [5.41, 5.74) is 1.18. The summed E-state index contributed by atoms with van der Waals surface area (Å²) in [7, 11) is -3.84. The van der Waals surface area contributed by atoms with Gasteiger partial charge in [-0.1, -0.05) is 6.07 Å². The van der Waals surface area contributed by atoms with Gasteiger partial charge in [0.05, 0.1) is 27.7 Å². The highest BCUT2D eigenvalue weighted by Gasteiger charge is 2.16. The Bertz CT molecular complexity index is 1060. The van der Waals surface area contributed by atoms with Crippen LogP contribution in [0, 0.1) is 11.3 Å². The molecule has 0 aliphatic carbocycles. The van der Waals surface area contributed by atoms with Gasteiger partial charge in [-0.3, -0.25) is 9.71 Å². The Kier molecular flexibility index (Phi) is 3.19. The summed E-state index contributed by atoms with van der Waals surface area (Å²) in [4.78, 5) is 13.5. The van der Waals surface area contributed by atoms with Gasteiger partial charge in [0.2, 0.25) is 0 Å². The lowest BCUT2D eigenvalue weighted by atomic mass is 10.2. The second-order valence-electron chi connectivity index (χ2n) is 4.47. The van der Waals surface area contributed by atoms with Crippen molar-refractivity contribution in [2.45, 2.75) is 4.90 Å². The highest BCUT2D eigenvalue weighted by molar-refractivity contribution is 7.92. The first kappa shape index (κ1) is 13.9. The molecule has 2 aromatic carbocycles. The minimum Gasteiger partial charge on any atom is -0.408 e. The second-order valence-corrected chi connectivity index (χ2v) is 6.15. The van der Waals surface area contributed by atoms with E-state index < -0.39 is 15.8 Å². The van der Waals surface area contributed by atoms with E-state index in [4.69, 9.17) is 9.68 Å². The average Bonchev–Trinajstić information content (AvgIpc) is 2.86. The predicted molar refractivity (Wildman–Crippen MR) is 78.8 cm³/mol. The molecule has 0 spiro atoms. The van der Waals surface area contributed by atoms with Gasteiger partial charge < -0.3 is 4.42 Å². The van der Waals surface area contributed by atoms with E-state index in [1.165, 1.54) is 30.3 Å². The van der Waals surface area contributed by atoms with Crippen molar-refractivity contribution < 1.29 is 12.8 Å². The molecule has 1 heterocycles. The number of benzene rings is 2. The van der Waals surface area contributed by atoms with E-state index in [1.807, 2.05) is 6.07 Å². The van der Waals surface area contributed by atoms with Gasteiger partial charge in [-0.15, -0.1) is 0 Å². The van der Waals surface area contributed by atoms with Crippen LogP contribution in [0.2, 0.25) is 0 Å². The Morgan fingerprint density at radius 1 is 1.18 bits per heavy atom. The predicted octanol–water partition coefficient (Wildman–Crippen LogP) is 1.79. The van der Waals surface area contributed by atoms with Gasteiger partial charge in [0.15, 0.2) is 5.58 Å². The normalized spacial score (nSPS) is 11.2. The summed E-state index contributed by atoms with van der Waals surface area (Å²) >= 11 is 0. The third kappa shape index (κ3) is 2.57. The zero-order chi connectivity index (χ0) is 15.7. The first-order valence-corrected chi connectivity index (χ1v) is 7.62. The molecule has 7 nitrogen and oxygen atoms in total. The van der Waals surface area contributed by atoms with Crippen LogP contribution in [0.25, 0.3) is 11.1 Å². The number of H-pyrrole nitrogens is 1. The van der Waals surface area contributed by atoms with Gasteiger partial charge in [-0.25, -0.2) is 13.2 Å². The summed E-state index contributed by atoms with van der Waals surface area (Å²) in [5, 5.41) is 8.83. The van der Waals surface area contributed by atoms with Crippen LogP contribution >= 0.6 is 0 Å². The van der Waals surface area contributed by atoms with E-state index in [0.29, 0.717) is 11.1 Å². The van der Waals surface area contributed by atoms with E-state index >= 15 is 0 Å². The molecule has 110 valence electrons. The molecule has 0 aliphatic heterocycles. The molecule has 0 atom stereocenters. The molecule has 8 heteroatoms. The quantitative estimate of drug-likeness (QED) is 0.764. The first-order valence-electron chi connectivity index (χ1n) is 6.14. The SMILES string of the molecule is N#Cc1cccc(NS(=O)(=O)c2ccc3oc(=O)[nH]c3c2)c1. The van der Waals surface area contributed by atoms with Crippen LogP contribution in [-0.4, -0.2) is 13.4 Å². The van der Waals surface area contributed by atoms with E-state index in [-0.39, 0.29) is 16.2 Å². The van der Waals surface area contributed by atoms with Crippen molar-refractivity contribution in [1.29, 1.82) is 5.26 Å². The third-order valence-electron chi connectivity index (χ3n) is 2.94. The van der Waals surface area contributed by atoms with Crippen LogP contribution in [-0.2, 0) is 10.0 Å². The number of nitrogens with zero attached hydrogens (tertiary/aromatic N) is 1. The molecular weight excluding hydrogens is 306 g/mol. The van der Waals surface area contributed by atoms with Crippen molar-refractivity contribution in [2.75, 3.05) is 4.72 Å². The number of nitrogens with one attached hydrogen (secondary N) is 2. The zero-order valence-corrected chi connectivity index (χ0v) is 11.8. The number of aromatic amines is 1. The van der Waals surface area contributed by atoms with Gasteiger partial charge >= 0.3 is 5.76 Å². The number of oxazole rings is 1. The second kappa shape index (κ2) is 5.05. The van der Waals surface area contributed by atoms with Gasteiger partial charge in [-0.2, -0.15) is 5.26 Å². The molecule has 0 saturated heterocycles. The molecule has 0 amide bonds. The van der Waals surface area contributed by atoms with Crippen LogP contribution in [0.1, 0.15) is 5.56 Å². The molecule has 3 rings (SSSR count). The van der Waals surface area contributed by atoms with E-state index in [0.717, 1.165) is 0 Å². The lowest BCUT2D eigenvalue weighted by Crippen LogP contribution is -2.12. The average molecular weight is 315 g/mol. The Balaban J connectivity index is 2.00. The van der Waals surface area contributed by atoms with Gasteiger partial charge in [-0.05, 0) is 36.4 Å². The Labute approximate surface area is 124 Å². The molecule has 1 aromatic heterocycles. The maximum absolute atomic E-state index is 12.3. The van der Waals surface area contributed by atoms with Crippen molar-refractivity contribution in [3.05, 3.63) is 58.6 Å². The number of hydrogen-bond acceptors (Lipinski definition) is 5. The third-order valence-corrected chi connectivity index (χ3v) is 4.32. The maximum Gasteiger partial charge on any atom is 0.417 e.